The lowest BCUT2D eigenvalue weighted by Gasteiger charge is -2.42. The fraction of sp³-hybridized carbons (Fsp3) is 1.00. The highest BCUT2D eigenvalue weighted by atomic mass is 15.2. The van der Waals surface area contributed by atoms with Gasteiger partial charge in [0.25, 0.3) is 0 Å². The second-order valence-electron chi connectivity index (χ2n) is 8.09. The smallest absolute Gasteiger partial charge is 0.00504 e. The third kappa shape index (κ3) is 4.19. The molecule has 2 rings (SSSR count). The summed E-state index contributed by atoms with van der Waals surface area (Å²) in [6.45, 7) is 15.8. The molecule has 0 aromatic rings. The Labute approximate surface area is 120 Å². The molecule has 2 fully saturated rings. The average Bonchev–Trinajstić information content (AvgIpc) is 2.70. The van der Waals surface area contributed by atoms with Crippen LogP contribution in [0, 0.1) is 16.7 Å². The third-order valence-corrected chi connectivity index (χ3v) is 5.40. The first-order chi connectivity index (χ1) is 8.95. The van der Waals surface area contributed by atoms with Gasteiger partial charge < -0.3 is 10.2 Å². The highest BCUT2D eigenvalue weighted by molar-refractivity contribution is 4.92. The maximum atomic E-state index is 3.64. The van der Waals surface area contributed by atoms with Crippen molar-refractivity contribution in [2.75, 3.05) is 32.7 Å². The molecule has 0 amide bonds. The summed E-state index contributed by atoms with van der Waals surface area (Å²) in [7, 11) is 0. The monoisotopic (exact) mass is 266 g/mol. The first kappa shape index (κ1) is 15.3. The van der Waals surface area contributed by atoms with E-state index in [9.17, 15) is 0 Å². The van der Waals surface area contributed by atoms with Crippen molar-refractivity contribution < 1.29 is 0 Å². The topological polar surface area (TPSA) is 15.3 Å². The molecular formula is C17H34N2. The van der Waals surface area contributed by atoms with Gasteiger partial charge in [-0.3, -0.25) is 0 Å². The fourth-order valence-electron chi connectivity index (χ4n) is 3.99. The van der Waals surface area contributed by atoms with E-state index in [1.807, 2.05) is 0 Å². The molecular weight excluding hydrogens is 232 g/mol. The number of nitrogens with one attached hydrogen (secondary N) is 1. The van der Waals surface area contributed by atoms with Crippen LogP contribution in [-0.2, 0) is 0 Å². The Morgan fingerprint density at radius 1 is 1.16 bits per heavy atom. The molecule has 2 heteroatoms. The normalized spacial score (nSPS) is 35.7. The molecule has 19 heavy (non-hydrogen) atoms. The number of hydrogen-bond donors (Lipinski definition) is 1. The lowest BCUT2D eigenvalue weighted by atomic mass is 9.70. The van der Waals surface area contributed by atoms with Gasteiger partial charge in [0.2, 0.25) is 0 Å². The molecule has 1 aliphatic heterocycles. The first-order valence-electron chi connectivity index (χ1n) is 8.38. The molecule has 1 aliphatic carbocycles. The van der Waals surface area contributed by atoms with Crippen LogP contribution in [0.5, 0.6) is 0 Å². The fourth-order valence-corrected chi connectivity index (χ4v) is 3.99. The van der Waals surface area contributed by atoms with Gasteiger partial charge in [-0.05, 0) is 49.1 Å². The largest absolute Gasteiger partial charge is 0.316 e. The summed E-state index contributed by atoms with van der Waals surface area (Å²) in [5.41, 5.74) is 1.10. The van der Waals surface area contributed by atoms with Crippen LogP contribution in [0.25, 0.3) is 0 Å². The molecule has 1 saturated heterocycles. The lowest BCUT2D eigenvalue weighted by molar-refractivity contribution is 0.0940. The van der Waals surface area contributed by atoms with Crippen LogP contribution in [0.4, 0.5) is 0 Å². The van der Waals surface area contributed by atoms with E-state index < -0.39 is 0 Å². The molecule has 0 aromatic carbocycles. The SMILES string of the molecule is CCNCC1(CN2CCC(C)(C)C2)CCC(C)CC1. The summed E-state index contributed by atoms with van der Waals surface area (Å²) in [5.74, 6) is 0.949. The molecule has 1 saturated carbocycles. The number of nitrogens with zero attached hydrogens (tertiary/aromatic N) is 1. The molecule has 0 aromatic heterocycles. The summed E-state index contributed by atoms with van der Waals surface area (Å²) in [5, 5.41) is 3.64. The first-order valence-corrected chi connectivity index (χ1v) is 8.38. The van der Waals surface area contributed by atoms with E-state index in [0.717, 1.165) is 12.5 Å². The van der Waals surface area contributed by atoms with E-state index in [1.165, 1.54) is 58.3 Å². The van der Waals surface area contributed by atoms with Crippen molar-refractivity contribution >= 4 is 0 Å². The molecule has 0 bridgehead atoms. The molecule has 1 heterocycles. The van der Waals surface area contributed by atoms with Crippen LogP contribution in [0.3, 0.4) is 0 Å². The van der Waals surface area contributed by atoms with Gasteiger partial charge in [0.05, 0.1) is 0 Å². The minimum Gasteiger partial charge on any atom is -0.316 e. The number of rotatable bonds is 5. The van der Waals surface area contributed by atoms with Crippen molar-refractivity contribution in [2.24, 2.45) is 16.7 Å². The zero-order valence-corrected chi connectivity index (χ0v) is 13.6. The van der Waals surface area contributed by atoms with Gasteiger partial charge in [-0.15, -0.1) is 0 Å². The highest BCUT2D eigenvalue weighted by Crippen LogP contribution is 2.41. The van der Waals surface area contributed by atoms with Crippen LogP contribution < -0.4 is 5.32 Å². The van der Waals surface area contributed by atoms with Crippen LogP contribution in [0.2, 0.25) is 0 Å². The van der Waals surface area contributed by atoms with E-state index in [4.69, 9.17) is 0 Å². The molecule has 0 radical (unpaired) electrons. The minimum absolute atomic E-state index is 0.543. The van der Waals surface area contributed by atoms with Gasteiger partial charge in [-0.1, -0.05) is 40.5 Å². The van der Waals surface area contributed by atoms with E-state index in [-0.39, 0.29) is 0 Å². The maximum Gasteiger partial charge on any atom is 0.00504 e. The van der Waals surface area contributed by atoms with Crippen LogP contribution in [0.15, 0.2) is 0 Å². The Morgan fingerprint density at radius 2 is 1.84 bits per heavy atom. The molecule has 0 unspecified atom stereocenters. The van der Waals surface area contributed by atoms with Crippen molar-refractivity contribution in [2.45, 2.75) is 59.8 Å². The lowest BCUT2D eigenvalue weighted by Crippen LogP contribution is -2.46. The zero-order chi connectivity index (χ0) is 13.9. The minimum atomic E-state index is 0.543. The summed E-state index contributed by atoms with van der Waals surface area (Å²) in [6, 6.07) is 0. The Hall–Kier alpha value is -0.0800. The number of hydrogen-bond acceptors (Lipinski definition) is 2. The van der Waals surface area contributed by atoms with Crippen LogP contribution in [-0.4, -0.2) is 37.6 Å². The average molecular weight is 266 g/mol. The van der Waals surface area contributed by atoms with Gasteiger partial charge in [-0.2, -0.15) is 0 Å². The van der Waals surface area contributed by atoms with Gasteiger partial charge in [0, 0.05) is 19.6 Å². The summed E-state index contributed by atoms with van der Waals surface area (Å²) in [4.78, 5) is 2.74. The third-order valence-electron chi connectivity index (χ3n) is 5.40. The Kier molecular flexibility index (Phi) is 4.94. The quantitative estimate of drug-likeness (QED) is 0.819. The van der Waals surface area contributed by atoms with Gasteiger partial charge >= 0.3 is 0 Å². The molecule has 112 valence electrons. The van der Waals surface area contributed by atoms with Crippen molar-refractivity contribution in [1.29, 1.82) is 0 Å². The number of likely N-dealkylation sites (tertiary alicyclic amines) is 1. The molecule has 2 aliphatic rings. The van der Waals surface area contributed by atoms with E-state index in [1.54, 1.807) is 0 Å². The van der Waals surface area contributed by atoms with Crippen LogP contribution in [0.1, 0.15) is 59.8 Å². The van der Waals surface area contributed by atoms with E-state index >= 15 is 0 Å². The van der Waals surface area contributed by atoms with E-state index in [2.05, 4.69) is 37.9 Å². The Morgan fingerprint density at radius 3 is 2.37 bits per heavy atom. The van der Waals surface area contributed by atoms with Crippen molar-refractivity contribution in [1.82, 2.24) is 10.2 Å². The van der Waals surface area contributed by atoms with Gasteiger partial charge in [-0.25, -0.2) is 0 Å². The van der Waals surface area contributed by atoms with Crippen molar-refractivity contribution in [3.63, 3.8) is 0 Å². The van der Waals surface area contributed by atoms with Crippen molar-refractivity contribution in [3.8, 4) is 0 Å². The summed E-state index contributed by atoms with van der Waals surface area (Å²) in [6.07, 6.45) is 7.10. The maximum absolute atomic E-state index is 3.64. The molecule has 0 atom stereocenters. The van der Waals surface area contributed by atoms with Crippen molar-refractivity contribution in [3.05, 3.63) is 0 Å². The Balaban J connectivity index is 1.94. The predicted molar refractivity (Wildman–Crippen MR) is 83.4 cm³/mol. The van der Waals surface area contributed by atoms with E-state index in [0.29, 0.717) is 10.8 Å². The molecule has 0 spiro atoms. The highest BCUT2D eigenvalue weighted by Gasteiger charge is 2.38. The summed E-state index contributed by atoms with van der Waals surface area (Å²) < 4.78 is 0. The zero-order valence-electron chi connectivity index (χ0n) is 13.6. The predicted octanol–water partition coefficient (Wildman–Crippen LogP) is 3.52. The van der Waals surface area contributed by atoms with Gasteiger partial charge in [0.15, 0.2) is 0 Å². The summed E-state index contributed by atoms with van der Waals surface area (Å²) >= 11 is 0. The molecule has 2 nitrogen and oxygen atoms in total. The standard InChI is InChI=1S/C17H34N2/c1-5-18-12-17(8-6-15(2)7-9-17)14-19-11-10-16(3,4)13-19/h15,18H,5-14H2,1-4H3. The second-order valence-corrected chi connectivity index (χ2v) is 8.09. The Bertz CT molecular complexity index is 271. The second kappa shape index (κ2) is 6.13. The van der Waals surface area contributed by atoms with Gasteiger partial charge in [0.1, 0.15) is 0 Å². The van der Waals surface area contributed by atoms with Crippen LogP contribution >= 0.6 is 0 Å². The molecule has 1 N–H and O–H groups in total.